The van der Waals surface area contributed by atoms with Crippen molar-refractivity contribution in [3.8, 4) is 5.75 Å². The van der Waals surface area contributed by atoms with Crippen LogP contribution in [0, 0.1) is 0 Å². The molecule has 4 rings (SSSR count). The van der Waals surface area contributed by atoms with Crippen LogP contribution in [-0.2, 0) is 19.3 Å². The van der Waals surface area contributed by atoms with Gasteiger partial charge < -0.3 is 14.6 Å². The summed E-state index contributed by atoms with van der Waals surface area (Å²) in [6, 6.07) is 10.7. The number of benzene rings is 2. The summed E-state index contributed by atoms with van der Waals surface area (Å²) in [4.78, 5) is 29.3. The second-order valence-electron chi connectivity index (χ2n) is 7.20. The van der Waals surface area contributed by atoms with Crippen LogP contribution in [0.25, 0.3) is 0 Å². The largest absolute Gasteiger partial charge is 0.497 e. The normalized spacial score (nSPS) is 13.2. The van der Waals surface area contributed by atoms with Crippen LogP contribution >= 0.6 is 35.0 Å². The molecule has 1 N–H and O–H groups in total. The van der Waals surface area contributed by atoms with Crippen molar-refractivity contribution in [2.24, 2.45) is 0 Å². The summed E-state index contributed by atoms with van der Waals surface area (Å²) in [5.74, 6) is -0.0918. The molecule has 1 amide bonds. The first-order valence-electron chi connectivity index (χ1n) is 9.50. The Morgan fingerprint density at radius 1 is 1.09 bits per heavy atom. The van der Waals surface area contributed by atoms with E-state index >= 15 is 0 Å². The van der Waals surface area contributed by atoms with Gasteiger partial charge in [0.25, 0.3) is 11.5 Å². The number of H-pyrrole nitrogens is 1. The maximum atomic E-state index is 13.4. The predicted molar refractivity (Wildman–Crippen MR) is 119 cm³/mol. The van der Waals surface area contributed by atoms with Crippen molar-refractivity contribution in [2.75, 3.05) is 7.11 Å². The molecule has 1 aliphatic rings. The molecule has 11 heteroatoms. The standard InChI is InChI=1S/C22H15Cl2F3N2O3S/c1-32-13-6-5-11-9-29(10-12(11)7-13)21(31)18-16(8-17(22(25,26)27)28-20(18)30)33-19-14(23)3-2-4-15(19)24/h2-8H,9-10H2,1H3,(H,28,30). The molecule has 0 atom stereocenters. The Kier molecular flexibility index (Phi) is 6.39. The van der Waals surface area contributed by atoms with Gasteiger partial charge in [-0.15, -0.1) is 0 Å². The van der Waals surface area contributed by atoms with Gasteiger partial charge in [-0.3, -0.25) is 9.59 Å². The Morgan fingerprint density at radius 3 is 2.39 bits per heavy atom. The van der Waals surface area contributed by atoms with E-state index in [2.05, 4.69) is 0 Å². The number of hydrogen-bond acceptors (Lipinski definition) is 4. The third-order valence-corrected chi connectivity index (χ3v) is 7.11. The van der Waals surface area contributed by atoms with Crippen molar-refractivity contribution in [1.29, 1.82) is 0 Å². The minimum absolute atomic E-state index is 0.181. The number of rotatable bonds is 4. The second kappa shape index (κ2) is 8.96. The second-order valence-corrected chi connectivity index (χ2v) is 9.06. The number of pyridine rings is 1. The van der Waals surface area contributed by atoms with Crippen molar-refractivity contribution in [1.82, 2.24) is 9.88 Å². The Bertz CT molecular complexity index is 1290. The molecule has 0 saturated carbocycles. The Labute approximate surface area is 200 Å². The number of fused-ring (bicyclic) bond motifs is 1. The average molecular weight is 515 g/mol. The number of halogens is 5. The van der Waals surface area contributed by atoms with Gasteiger partial charge in [0.05, 0.1) is 17.2 Å². The number of aromatic amines is 1. The molecular formula is C22H15Cl2F3N2O3S. The number of nitrogens with one attached hydrogen (secondary N) is 1. The Balaban J connectivity index is 1.77. The molecule has 0 aliphatic carbocycles. The minimum atomic E-state index is -4.82. The number of amides is 1. The van der Waals surface area contributed by atoms with Crippen LogP contribution in [0.1, 0.15) is 27.2 Å². The fourth-order valence-corrected chi connectivity index (χ4v) is 5.10. The summed E-state index contributed by atoms with van der Waals surface area (Å²) in [7, 11) is 1.52. The lowest BCUT2D eigenvalue weighted by Crippen LogP contribution is -2.32. The predicted octanol–water partition coefficient (Wildman–Crippen LogP) is 6.02. The maximum absolute atomic E-state index is 13.4. The number of carbonyl (C=O) groups is 1. The first-order chi connectivity index (χ1) is 15.6. The van der Waals surface area contributed by atoms with Crippen molar-refractivity contribution in [2.45, 2.75) is 29.1 Å². The lowest BCUT2D eigenvalue weighted by molar-refractivity contribution is -0.141. The number of aromatic nitrogens is 1. The molecule has 0 bridgehead atoms. The number of alkyl halides is 3. The van der Waals surface area contributed by atoms with E-state index in [9.17, 15) is 22.8 Å². The number of ether oxygens (including phenoxy) is 1. The quantitative estimate of drug-likeness (QED) is 0.462. The van der Waals surface area contributed by atoms with E-state index in [1.807, 2.05) is 0 Å². The third-order valence-electron chi connectivity index (χ3n) is 5.07. The fourth-order valence-electron chi connectivity index (χ4n) is 3.46. The first-order valence-corrected chi connectivity index (χ1v) is 11.1. The number of methoxy groups -OCH3 is 1. The van der Waals surface area contributed by atoms with E-state index < -0.39 is 28.9 Å². The molecule has 5 nitrogen and oxygen atoms in total. The highest BCUT2D eigenvalue weighted by molar-refractivity contribution is 7.99. The van der Waals surface area contributed by atoms with Crippen LogP contribution in [0.5, 0.6) is 5.75 Å². The van der Waals surface area contributed by atoms with Crippen molar-refractivity contribution in [3.05, 3.63) is 85.2 Å². The summed E-state index contributed by atoms with van der Waals surface area (Å²) in [6.07, 6.45) is -4.82. The summed E-state index contributed by atoms with van der Waals surface area (Å²) in [6.45, 7) is 0.387. The van der Waals surface area contributed by atoms with Crippen LogP contribution in [0.3, 0.4) is 0 Å². The van der Waals surface area contributed by atoms with Crippen LogP contribution < -0.4 is 10.3 Å². The van der Waals surface area contributed by atoms with E-state index in [0.717, 1.165) is 29.0 Å². The Morgan fingerprint density at radius 2 is 1.76 bits per heavy atom. The van der Waals surface area contributed by atoms with E-state index in [4.69, 9.17) is 27.9 Å². The highest BCUT2D eigenvalue weighted by Crippen LogP contribution is 2.41. The molecule has 2 heterocycles. The summed E-state index contributed by atoms with van der Waals surface area (Å²) in [5, 5.41) is 0.362. The summed E-state index contributed by atoms with van der Waals surface area (Å²) < 4.78 is 45.4. The molecule has 3 aromatic rings. The topological polar surface area (TPSA) is 62.4 Å². The smallest absolute Gasteiger partial charge is 0.431 e. The number of nitrogens with zero attached hydrogens (tertiary/aromatic N) is 1. The lowest BCUT2D eigenvalue weighted by Gasteiger charge is -2.18. The molecule has 172 valence electrons. The minimum Gasteiger partial charge on any atom is -0.497 e. The molecule has 2 aromatic carbocycles. The van der Waals surface area contributed by atoms with Crippen LogP contribution in [0.4, 0.5) is 13.2 Å². The highest BCUT2D eigenvalue weighted by Gasteiger charge is 2.35. The van der Waals surface area contributed by atoms with Gasteiger partial charge in [-0.1, -0.05) is 47.1 Å². The summed E-state index contributed by atoms with van der Waals surface area (Å²) in [5.41, 5.74) is -1.15. The van der Waals surface area contributed by atoms with Crippen LogP contribution in [0.15, 0.2) is 57.1 Å². The van der Waals surface area contributed by atoms with E-state index in [1.54, 1.807) is 29.2 Å². The summed E-state index contributed by atoms with van der Waals surface area (Å²) >= 11 is 13.1. The first kappa shape index (κ1) is 23.5. The average Bonchev–Trinajstić information content (AvgIpc) is 3.18. The monoisotopic (exact) mass is 514 g/mol. The van der Waals surface area contributed by atoms with Gasteiger partial charge in [0, 0.05) is 22.9 Å². The number of hydrogen-bond donors (Lipinski definition) is 1. The van der Waals surface area contributed by atoms with Crippen molar-refractivity contribution in [3.63, 3.8) is 0 Å². The van der Waals surface area contributed by atoms with Gasteiger partial charge >= 0.3 is 6.18 Å². The molecule has 0 saturated heterocycles. The van der Waals surface area contributed by atoms with Crippen molar-refractivity contribution >= 4 is 40.9 Å². The molecule has 0 fully saturated rings. The molecule has 1 aromatic heterocycles. The number of carbonyl (C=O) groups excluding carboxylic acids is 1. The molecular weight excluding hydrogens is 500 g/mol. The highest BCUT2D eigenvalue weighted by atomic mass is 35.5. The fraction of sp³-hybridized carbons (Fsp3) is 0.182. The van der Waals surface area contributed by atoms with Gasteiger partial charge in [0.2, 0.25) is 0 Å². The molecule has 1 aliphatic heterocycles. The van der Waals surface area contributed by atoms with E-state index in [1.165, 1.54) is 24.1 Å². The zero-order chi connectivity index (χ0) is 23.9. The zero-order valence-corrected chi connectivity index (χ0v) is 19.3. The van der Waals surface area contributed by atoms with Gasteiger partial charge in [-0.25, -0.2) is 0 Å². The Hall–Kier alpha value is -2.62. The molecule has 0 unspecified atom stereocenters. The van der Waals surface area contributed by atoms with Gasteiger partial charge in [-0.05, 0) is 41.5 Å². The van der Waals surface area contributed by atoms with Crippen LogP contribution in [0.2, 0.25) is 10.0 Å². The lowest BCUT2D eigenvalue weighted by atomic mass is 10.1. The van der Waals surface area contributed by atoms with Crippen molar-refractivity contribution < 1.29 is 22.7 Å². The SMILES string of the molecule is COc1ccc2c(c1)CN(C(=O)c1c(Sc3c(Cl)cccc3Cl)cc(C(F)(F)F)[nH]c1=O)C2. The van der Waals surface area contributed by atoms with Gasteiger partial charge in [0.1, 0.15) is 17.0 Å². The maximum Gasteiger partial charge on any atom is 0.431 e. The van der Waals surface area contributed by atoms with Gasteiger partial charge in [-0.2, -0.15) is 13.2 Å². The van der Waals surface area contributed by atoms with E-state index in [-0.39, 0.29) is 32.9 Å². The van der Waals surface area contributed by atoms with Crippen LogP contribution in [-0.4, -0.2) is 22.9 Å². The zero-order valence-electron chi connectivity index (χ0n) is 16.9. The molecule has 0 spiro atoms. The molecule has 0 radical (unpaired) electrons. The molecule has 33 heavy (non-hydrogen) atoms. The third kappa shape index (κ3) is 4.71. The van der Waals surface area contributed by atoms with E-state index in [0.29, 0.717) is 5.75 Å². The van der Waals surface area contributed by atoms with Gasteiger partial charge in [0.15, 0.2) is 0 Å².